The Morgan fingerprint density at radius 1 is 1.30 bits per heavy atom. The van der Waals surface area contributed by atoms with Crippen molar-refractivity contribution in [1.82, 2.24) is 15.2 Å². The highest BCUT2D eigenvalue weighted by atomic mass is 16.1. The van der Waals surface area contributed by atoms with Gasteiger partial charge in [0.2, 0.25) is 0 Å². The SMILES string of the molecule is C#Cc1ccc2cnc(C(=O)NC3CC4CCN(C4)C3)cc2c1. The summed E-state index contributed by atoms with van der Waals surface area (Å²) in [5.74, 6) is 3.26. The van der Waals surface area contributed by atoms with Crippen LogP contribution in [0.2, 0.25) is 0 Å². The van der Waals surface area contributed by atoms with Crippen LogP contribution >= 0.6 is 0 Å². The minimum absolute atomic E-state index is 0.0921. The highest BCUT2D eigenvalue weighted by Crippen LogP contribution is 2.26. The number of nitrogens with zero attached hydrogens (tertiary/aromatic N) is 2. The highest BCUT2D eigenvalue weighted by Gasteiger charge is 2.33. The van der Waals surface area contributed by atoms with Gasteiger partial charge in [-0.15, -0.1) is 6.42 Å². The van der Waals surface area contributed by atoms with Crippen molar-refractivity contribution in [2.45, 2.75) is 18.9 Å². The van der Waals surface area contributed by atoms with E-state index in [4.69, 9.17) is 6.42 Å². The molecule has 2 bridgehead atoms. The van der Waals surface area contributed by atoms with Crippen molar-refractivity contribution in [2.24, 2.45) is 5.92 Å². The Bertz CT molecular complexity index is 796. The van der Waals surface area contributed by atoms with Gasteiger partial charge in [-0.3, -0.25) is 9.78 Å². The molecule has 0 saturated carbocycles. The van der Waals surface area contributed by atoms with E-state index in [0.29, 0.717) is 5.69 Å². The first-order valence-electron chi connectivity index (χ1n) is 8.11. The Hall–Kier alpha value is -2.38. The topological polar surface area (TPSA) is 45.2 Å². The molecule has 1 amide bonds. The van der Waals surface area contributed by atoms with Gasteiger partial charge in [-0.05, 0) is 48.9 Å². The van der Waals surface area contributed by atoms with Crippen molar-refractivity contribution in [3.8, 4) is 12.3 Å². The predicted octanol–water partition coefficient (Wildman–Crippen LogP) is 2.04. The molecule has 3 unspecified atom stereocenters. The third kappa shape index (κ3) is 2.80. The molecule has 0 spiro atoms. The van der Waals surface area contributed by atoms with E-state index in [0.717, 1.165) is 35.2 Å². The summed E-state index contributed by atoms with van der Waals surface area (Å²) < 4.78 is 0. The van der Waals surface area contributed by atoms with Gasteiger partial charge in [-0.1, -0.05) is 12.0 Å². The van der Waals surface area contributed by atoms with Gasteiger partial charge in [0, 0.05) is 36.3 Å². The second-order valence-electron chi connectivity index (χ2n) is 6.60. The number of nitrogens with one attached hydrogen (secondary N) is 1. The number of aromatic nitrogens is 1. The van der Waals surface area contributed by atoms with Crippen LogP contribution in [0.1, 0.15) is 28.9 Å². The van der Waals surface area contributed by atoms with Crippen molar-refractivity contribution in [2.75, 3.05) is 19.6 Å². The third-order valence-corrected chi connectivity index (χ3v) is 4.92. The van der Waals surface area contributed by atoms with Gasteiger partial charge in [-0.25, -0.2) is 0 Å². The first kappa shape index (κ1) is 14.2. The number of benzene rings is 1. The molecule has 1 N–H and O–H groups in total. The molecule has 1 aromatic carbocycles. The Morgan fingerprint density at radius 2 is 2.22 bits per heavy atom. The number of terminal acetylenes is 1. The Morgan fingerprint density at radius 3 is 3.04 bits per heavy atom. The first-order chi connectivity index (χ1) is 11.2. The molecule has 4 rings (SSSR count). The minimum Gasteiger partial charge on any atom is -0.347 e. The number of rotatable bonds is 2. The van der Waals surface area contributed by atoms with Crippen LogP contribution in [0, 0.1) is 18.3 Å². The van der Waals surface area contributed by atoms with E-state index < -0.39 is 0 Å². The normalized spacial score (nSPS) is 26.0. The van der Waals surface area contributed by atoms with Gasteiger partial charge in [0.15, 0.2) is 0 Å². The summed E-state index contributed by atoms with van der Waals surface area (Å²) in [5, 5.41) is 5.09. The molecular weight excluding hydrogens is 286 g/mol. The summed E-state index contributed by atoms with van der Waals surface area (Å²) in [6.45, 7) is 3.31. The van der Waals surface area contributed by atoms with Gasteiger partial charge >= 0.3 is 0 Å². The molecule has 23 heavy (non-hydrogen) atoms. The summed E-state index contributed by atoms with van der Waals surface area (Å²) in [5.41, 5.74) is 1.27. The Labute approximate surface area is 135 Å². The molecule has 3 heterocycles. The molecule has 2 saturated heterocycles. The maximum absolute atomic E-state index is 12.5. The molecule has 4 heteroatoms. The lowest BCUT2D eigenvalue weighted by Crippen LogP contribution is -2.47. The summed E-state index contributed by atoms with van der Waals surface area (Å²) in [4.78, 5) is 19.3. The molecule has 2 aliphatic rings. The smallest absolute Gasteiger partial charge is 0.270 e. The third-order valence-electron chi connectivity index (χ3n) is 4.92. The monoisotopic (exact) mass is 305 g/mol. The number of pyridine rings is 1. The Balaban J connectivity index is 1.53. The minimum atomic E-state index is -0.0921. The maximum Gasteiger partial charge on any atom is 0.270 e. The summed E-state index contributed by atoms with van der Waals surface area (Å²) in [6.07, 6.45) is 9.52. The van der Waals surface area contributed by atoms with Crippen LogP contribution < -0.4 is 5.32 Å². The van der Waals surface area contributed by atoms with E-state index in [-0.39, 0.29) is 11.9 Å². The molecule has 2 fully saturated rings. The average Bonchev–Trinajstić information content (AvgIpc) is 2.92. The van der Waals surface area contributed by atoms with Crippen LogP contribution in [0.5, 0.6) is 0 Å². The molecular formula is C19H19N3O. The van der Waals surface area contributed by atoms with E-state index in [2.05, 4.69) is 21.1 Å². The zero-order valence-electron chi connectivity index (χ0n) is 13.0. The number of hydrogen-bond acceptors (Lipinski definition) is 3. The fraction of sp³-hybridized carbons (Fsp3) is 0.368. The molecule has 3 atom stereocenters. The zero-order valence-corrected chi connectivity index (χ0v) is 13.0. The molecule has 1 aromatic heterocycles. The number of carbonyl (C=O) groups is 1. The Kier molecular flexibility index (Phi) is 3.51. The molecule has 4 nitrogen and oxygen atoms in total. The molecule has 2 aromatic rings. The highest BCUT2D eigenvalue weighted by molar-refractivity contribution is 5.96. The van der Waals surface area contributed by atoms with Crippen molar-refractivity contribution in [3.05, 3.63) is 41.7 Å². The number of hydrogen-bond donors (Lipinski definition) is 1. The summed E-state index contributed by atoms with van der Waals surface area (Å²) in [7, 11) is 0. The fourth-order valence-electron chi connectivity index (χ4n) is 3.78. The van der Waals surface area contributed by atoms with Crippen LogP contribution in [-0.2, 0) is 0 Å². The van der Waals surface area contributed by atoms with E-state index in [9.17, 15) is 4.79 Å². The second-order valence-corrected chi connectivity index (χ2v) is 6.60. The molecule has 116 valence electrons. The van der Waals surface area contributed by atoms with Gasteiger partial charge in [0.25, 0.3) is 5.91 Å². The van der Waals surface area contributed by atoms with Crippen LogP contribution in [-0.4, -0.2) is 41.5 Å². The first-order valence-corrected chi connectivity index (χ1v) is 8.11. The van der Waals surface area contributed by atoms with Crippen LogP contribution in [0.4, 0.5) is 0 Å². The molecule has 0 radical (unpaired) electrons. The summed E-state index contributed by atoms with van der Waals surface area (Å²) >= 11 is 0. The average molecular weight is 305 g/mol. The van der Waals surface area contributed by atoms with Crippen LogP contribution in [0.3, 0.4) is 0 Å². The standard InChI is InChI=1S/C19H19N3O/c1-2-13-3-4-15-10-20-18(9-16(15)7-13)19(23)21-17-8-14-5-6-22(11-14)12-17/h1,3-4,7,9-10,14,17H,5-6,8,11-12H2,(H,21,23). The van der Waals surface area contributed by atoms with Gasteiger partial charge < -0.3 is 10.2 Å². The van der Waals surface area contributed by atoms with Crippen LogP contribution in [0.25, 0.3) is 10.8 Å². The summed E-state index contributed by atoms with van der Waals surface area (Å²) in [6, 6.07) is 7.79. The molecule has 2 aliphatic heterocycles. The van der Waals surface area contributed by atoms with Crippen molar-refractivity contribution < 1.29 is 4.79 Å². The van der Waals surface area contributed by atoms with E-state index in [1.807, 2.05) is 24.3 Å². The fourth-order valence-corrected chi connectivity index (χ4v) is 3.78. The molecule has 0 aliphatic carbocycles. The van der Waals surface area contributed by atoms with Gasteiger partial charge in [0.05, 0.1) is 0 Å². The number of piperidine rings is 1. The van der Waals surface area contributed by atoms with Crippen molar-refractivity contribution in [3.63, 3.8) is 0 Å². The number of amides is 1. The van der Waals surface area contributed by atoms with Crippen LogP contribution in [0.15, 0.2) is 30.5 Å². The van der Waals surface area contributed by atoms with E-state index in [1.165, 1.54) is 19.5 Å². The van der Waals surface area contributed by atoms with E-state index >= 15 is 0 Å². The number of carbonyl (C=O) groups excluding carboxylic acids is 1. The van der Waals surface area contributed by atoms with Crippen molar-refractivity contribution >= 4 is 16.7 Å². The lowest BCUT2D eigenvalue weighted by Gasteiger charge is -2.30. The number of fused-ring (bicyclic) bond motifs is 3. The van der Waals surface area contributed by atoms with E-state index in [1.54, 1.807) is 6.20 Å². The van der Waals surface area contributed by atoms with Crippen molar-refractivity contribution in [1.29, 1.82) is 0 Å². The second kappa shape index (κ2) is 5.68. The quantitative estimate of drug-likeness (QED) is 0.864. The lowest BCUT2D eigenvalue weighted by molar-refractivity contribution is 0.0904. The van der Waals surface area contributed by atoms with Gasteiger partial charge in [-0.2, -0.15) is 0 Å². The largest absolute Gasteiger partial charge is 0.347 e. The predicted molar refractivity (Wildman–Crippen MR) is 90.1 cm³/mol. The van der Waals surface area contributed by atoms with Gasteiger partial charge in [0.1, 0.15) is 5.69 Å². The maximum atomic E-state index is 12.5. The zero-order chi connectivity index (χ0) is 15.8. The lowest BCUT2D eigenvalue weighted by atomic mass is 9.97.